The fourth-order valence-corrected chi connectivity index (χ4v) is 1.94. The van der Waals surface area contributed by atoms with Crippen LogP contribution in [0.15, 0.2) is 42.6 Å². The van der Waals surface area contributed by atoms with E-state index in [1.54, 1.807) is 12.3 Å². The highest BCUT2D eigenvalue weighted by atomic mass is 35.5. The van der Waals surface area contributed by atoms with E-state index in [0.29, 0.717) is 0 Å². The van der Waals surface area contributed by atoms with Gasteiger partial charge in [0.1, 0.15) is 0 Å². The molecule has 0 spiro atoms. The van der Waals surface area contributed by atoms with Crippen molar-refractivity contribution in [2.45, 2.75) is 13.1 Å². The molecule has 0 saturated heterocycles. The molecule has 0 aliphatic heterocycles. The summed E-state index contributed by atoms with van der Waals surface area (Å²) >= 11 is 5.86. The molecular formula is C14H16ClN3. The molecule has 0 atom stereocenters. The van der Waals surface area contributed by atoms with E-state index in [-0.39, 0.29) is 0 Å². The van der Waals surface area contributed by atoms with E-state index in [0.717, 1.165) is 29.5 Å². The first-order chi connectivity index (χ1) is 8.63. The zero-order chi connectivity index (χ0) is 13.0. The molecule has 0 aliphatic carbocycles. The van der Waals surface area contributed by atoms with Gasteiger partial charge in [-0.25, -0.2) is 0 Å². The summed E-state index contributed by atoms with van der Waals surface area (Å²) in [7, 11) is 2.06. The molecule has 0 fully saturated rings. The highest BCUT2D eigenvalue weighted by Gasteiger charge is 2.03. The number of hydrogen-bond acceptors (Lipinski definition) is 3. The van der Waals surface area contributed by atoms with Crippen molar-refractivity contribution in [2.75, 3.05) is 12.8 Å². The number of pyridine rings is 1. The standard InChI is InChI=1S/C14H16ClN3/c1-18(9-11-2-4-12(15)5-3-11)10-14-8-13(16)6-7-17-14/h2-8H,9-10H2,1H3,(H2,16,17). The van der Waals surface area contributed by atoms with E-state index >= 15 is 0 Å². The number of hydrogen-bond donors (Lipinski definition) is 1. The topological polar surface area (TPSA) is 42.1 Å². The van der Waals surface area contributed by atoms with Crippen molar-refractivity contribution in [1.82, 2.24) is 9.88 Å². The highest BCUT2D eigenvalue weighted by molar-refractivity contribution is 6.30. The fraction of sp³-hybridized carbons (Fsp3) is 0.214. The monoisotopic (exact) mass is 261 g/mol. The van der Waals surface area contributed by atoms with Crippen LogP contribution in [0.3, 0.4) is 0 Å². The smallest absolute Gasteiger partial charge is 0.0564 e. The van der Waals surface area contributed by atoms with Gasteiger partial charge >= 0.3 is 0 Å². The molecule has 0 amide bonds. The Morgan fingerprint density at radius 1 is 1.17 bits per heavy atom. The van der Waals surface area contributed by atoms with Crippen LogP contribution in [0.1, 0.15) is 11.3 Å². The molecule has 0 aliphatic rings. The van der Waals surface area contributed by atoms with Crippen LogP contribution in [0, 0.1) is 0 Å². The molecule has 18 heavy (non-hydrogen) atoms. The second kappa shape index (κ2) is 5.85. The van der Waals surface area contributed by atoms with Crippen LogP contribution in [0.4, 0.5) is 5.69 Å². The third-order valence-corrected chi connectivity index (χ3v) is 2.89. The Morgan fingerprint density at radius 2 is 1.89 bits per heavy atom. The predicted molar refractivity (Wildman–Crippen MR) is 75.3 cm³/mol. The van der Waals surface area contributed by atoms with E-state index in [2.05, 4.69) is 16.9 Å². The van der Waals surface area contributed by atoms with Crippen LogP contribution in [0.5, 0.6) is 0 Å². The quantitative estimate of drug-likeness (QED) is 0.920. The minimum Gasteiger partial charge on any atom is -0.399 e. The molecule has 0 unspecified atom stereocenters. The lowest BCUT2D eigenvalue weighted by atomic mass is 10.2. The third kappa shape index (κ3) is 3.72. The molecule has 0 saturated carbocycles. The number of rotatable bonds is 4. The number of nitrogen functional groups attached to an aromatic ring is 1. The van der Waals surface area contributed by atoms with Crippen LogP contribution in [-0.2, 0) is 13.1 Å². The minimum absolute atomic E-state index is 0.750. The second-order valence-electron chi connectivity index (χ2n) is 4.38. The summed E-state index contributed by atoms with van der Waals surface area (Å²) in [6.07, 6.45) is 1.74. The van der Waals surface area contributed by atoms with Gasteiger partial charge in [-0.1, -0.05) is 23.7 Å². The van der Waals surface area contributed by atoms with Crippen molar-refractivity contribution in [3.8, 4) is 0 Å². The molecule has 1 heterocycles. The summed E-state index contributed by atoms with van der Waals surface area (Å²) in [6, 6.07) is 11.6. The van der Waals surface area contributed by atoms with E-state index in [1.165, 1.54) is 5.56 Å². The summed E-state index contributed by atoms with van der Waals surface area (Å²) in [6.45, 7) is 1.63. The van der Waals surface area contributed by atoms with Gasteiger partial charge in [0.2, 0.25) is 0 Å². The number of nitrogens with two attached hydrogens (primary N) is 1. The number of nitrogens with zero attached hydrogens (tertiary/aromatic N) is 2. The van der Waals surface area contributed by atoms with Gasteiger partial charge in [0, 0.05) is 30.0 Å². The summed E-state index contributed by atoms with van der Waals surface area (Å²) in [4.78, 5) is 6.48. The number of halogens is 1. The van der Waals surface area contributed by atoms with E-state index < -0.39 is 0 Å². The Morgan fingerprint density at radius 3 is 2.56 bits per heavy atom. The molecule has 2 aromatic rings. The molecule has 1 aromatic carbocycles. The van der Waals surface area contributed by atoms with Crippen LogP contribution in [0.2, 0.25) is 5.02 Å². The zero-order valence-corrected chi connectivity index (χ0v) is 11.1. The van der Waals surface area contributed by atoms with Gasteiger partial charge in [0.05, 0.1) is 5.69 Å². The van der Waals surface area contributed by atoms with Gasteiger partial charge in [-0.2, -0.15) is 0 Å². The predicted octanol–water partition coefficient (Wildman–Crippen LogP) is 2.95. The van der Waals surface area contributed by atoms with Crippen LogP contribution >= 0.6 is 11.6 Å². The number of benzene rings is 1. The molecule has 4 heteroatoms. The third-order valence-electron chi connectivity index (χ3n) is 2.64. The normalized spacial score (nSPS) is 10.8. The van der Waals surface area contributed by atoms with Crippen LogP contribution in [0.25, 0.3) is 0 Å². The Balaban J connectivity index is 1.96. The maximum absolute atomic E-state index is 5.86. The number of anilines is 1. The molecule has 94 valence electrons. The van der Waals surface area contributed by atoms with Crippen molar-refractivity contribution in [3.05, 3.63) is 58.9 Å². The first kappa shape index (κ1) is 12.9. The Hall–Kier alpha value is -1.58. The summed E-state index contributed by atoms with van der Waals surface area (Å²) in [5.41, 5.74) is 8.69. The van der Waals surface area contributed by atoms with E-state index in [9.17, 15) is 0 Å². The van der Waals surface area contributed by atoms with Crippen molar-refractivity contribution in [3.63, 3.8) is 0 Å². The Bertz CT molecular complexity index is 511. The van der Waals surface area contributed by atoms with Gasteiger partial charge in [0.15, 0.2) is 0 Å². The Labute approximate surface area is 112 Å². The molecular weight excluding hydrogens is 246 g/mol. The zero-order valence-electron chi connectivity index (χ0n) is 10.3. The van der Waals surface area contributed by atoms with Crippen molar-refractivity contribution < 1.29 is 0 Å². The lowest BCUT2D eigenvalue weighted by molar-refractivity contribution is 0.315. The van der Waals surface area contributed by atoms with Gasteiger partial charge in [-0.15, -0.1) is 0 Å². The molecule has 3 nitrogen and oxygen atoms in total. The van der Waals surface area contributed by atoms with Crippen molar-refractivity contribution in [1.29, 1.82) is 0 Å². The lowest BCUT2D eigenvalue weighted by Crippen LogP contribution is -2.18. The van der Waals surface area contributed by atoms with Gasteiger partial charge in [-0.3, -0.25) is 9.88 Å². The molecule has 1 aromatic heterocycles. The average molecular weight is 262 g/mol. The summed E-state index contributed by atoms with van der Waals surface area (Å²) in [5, 5.41) is 0.763. The van der Waals surface area contributed by atoms with Gasteiger partial charge < -0.3 is 5.73 Å². The van der Waals surface area contributed by atoms with Crippen molar-refractivity contribution in [2.24, 2.45) is 0 Å². The second-order valence-corrected chi connectivity index (χ2v) is 4.82. The van der Waals surface area contributed by atoms with Gasteiger partial charge in [0.25, 0.3) is 0 Å². The lowest BCUT2D eigenvalue weighted by Gasteiger charge is -2.16. The molecule has 2 rings (SSSR count). The van der Waals surface area contributed by atoms with Crippen molar-refractivity contribution >= 4 is 17.3 Å². The summed E-state index contributed by atoms with van der Waals surface area (Å²) in [5.74, 6) is 0. The van der Waals surface area contributed by atoms with E-state index in [4.69, 9.17) is 17.3 Å². The first-order valence-electron chi connectivity index (χ1n) is 5.77. The average Bonchev–Trinajstić information content (AvgIpc) is 2.32. The molecule has 2 N–H and O–H groups in total. The minimum atomic E-state index is 0.750. The largest absolute Gasteiger partial charge is 0.399 e. The maximum Gasteiger partial charge on any atom is 0.0564 e. The SMILES string of the molecule is CN(Cc1ccc(Cl)cc1)Cc1cc(N)ccn1. The van der Waals surface area contributed by atoms with Gasteiger partial charge in [-0.05, 0) is 36.9 Å². The maximum atomic E-state index is 5.86. The highest BCUT2D eigenvalue weighted by Crippen LogP contribution is 2.12. The van der Waals surface area contributed by atoms with Crippen LogP contribution in [-0.4, -0.2) is 16.9 Å². The first-order valence-corrected chi connectivity index (χ1v) is 6.14. The van der Waals surface area contributed by atoms with Crippen LogP contribution < -0.4 is 5.73 Å². The molecule has 0 bridgehead atoms. The number of aromatic nitrogens is 1. The van der Waals surface area contributed by atoms with E-state index in [1.807, 2.05) is 30.3 Å². The molecule has 0 radical (unpaired) electrons. The Kier molecular flexibility index (Phi) is 4.18. The fourth-order valence-electron chi connectivity index (χ4n) is 1.82. The summed E-state index contributed by atoms with van der Waals surface area (Å²) < 4.78 is 0.